The van der Waals surface area contributed by atoms with E-state index < -0.39 is 0 Å². The summed E-state index contributed by atoms with van der Waals surface area (Å²) in [6.07, 6.45) is 0. The Labute approximate surface area is 123 Å². The lowest BCUT2D eigenvalue weighted by Gasteiger charge is -2.06. The van der Waals surface area contributed by atoms with E-state index in [1.165, 1.54) is 0 Å². The van der Waals surface area contributed by atoms with E-state index >= 15 is 0 Å². The summed E-state index contributed by atoms with van der Waals surface area (Å²) in [4.78, 5) is 3.26. The van der Waals surface area contributed by atoms with Crippen LogP contribution in [-0.4, -0.2) is 9.55 Å². The first kappa shape index (κ1) is 13.2. The zero-order valence-electron chi connectivity index (χ0n) is 11.7. The number of H-pyrrole nitrogens is 1. The molecule has 1 heterocycles. The lowest BCUT2D eigenvalue weighted by Crippen LogP contribution is -2.04. The first-order chi connectivity index (χ1) is 8.75. The maximum absolute atomic E-state index is 6.10. The summed E-state index contributed by atoms with van der Waals surface area (Å²) in [6, 6.07) is 5.88. The van der Waals surface area contributed by atoms with Gasteiger partial charge in [-0.05, 0) is 47.2 Å². The molecule has 1 saturated carbocycles. The lowest BCUT2D eigenvalue weighted by molar-refractivity contribution is 0.457. The standard InChI is InChI=1S/C15H19ClN2S/c1-14(2)12(15(14,3)4)8-18-11-7-9(16)5-6-10(11)17-13(18)19/h5-7,12H,8H2,1-4H3,(H,17,19). The first-order valence-corrected chi connectivity index (χ1v) is 7.42. The lowest BCUT2D eigenvalue weighted by atomic mass is 10.0. The molecule has 0 aliphatic heterocycles. The van der Waals surface area contributed by atoms with Gasteiger partial charge in [0.15, 0.2) is 4.77 Å². The molecule has 2 nitrogen and oxygen atoms in total. The summed E-state index contributed by atoms with van der Waals surface area (Å²) in [7, 11) is 0. The normalized spacial score (nSPS) is 20.9. The van der Waals surface area contributed by atoms with Crippen LogP contribution in [0.1, 0.15) is 27.7 Å². The molecule has 1 fully saturated rings. The molecule has 0 amide bonds. The average Bonchev–Trinajstić information content (AvgIpc) is 2.58. The molecule has 1 aliphatic carbocycles. The Morgan fingerprint density at radius 2 is 1.89 bits per heavy atom. The van der Waals surface area contributed by atoms with E-state index in [2.05, 4.69) is 37.2 Å². The minimum atomic E-state index is 0.365. The molecule has 1 N–H and O–H groups in total. The third-order valence-electron chi connectivity index (χ3n) is 5.42. The second-order valence-electron chi connectivity index (χ2n) is 6.70. The number of nitrogens with zero attached hydrogens (tertiary/aromatic N) is 1. The molecule has 0 unspecified atom stereocenters. The summed E-state index contributed by atoms with van der Waals surface area (Å²) in [5, 5.41) is 0.754. The van der Waals surface area contributed by atoms with Crippen LogP contribution in [-0.2, 0) is 6.54 Å². The van der Waals surface area contributed by atoms with Crippen LogP contribution in [0.2, 0.25) is 5.02 Å². The Kier molecular flexibility index (Phi) is 2.68. The Bertz CT molecular complexity index is 694. The SMILES string of the molecule is CC1(C)C(Cn2c(=S)[nH]c3ccc(Cl)cc32)C1(C)C. The van der Waals surface area contributed by atoms with Gasteiger partial charge in [0.25, 0.3) is 0 Å². The maximum Gasteiger partial charge on any atom is 0.178 e. The van der Waals surface area contributed by atoms with Gasteiger partial charge in [-0.3, -0.25) is 0 Å². The summed E-state index contributed by atoms with van der Waals surface area (Å²) >= 11 is 11.6. The van der Waals surface area contributed by atoms with Gasteiger partial charge in [-0.15, -0.1) is 0 Å². The molecule has 4 heteroatoms. The number of aromatic amines is 1. The zero-order chi connectivity index (χ0) is 14.0. The fraction of sp³-hybridized carbons (Fsp3) is 0.533. The van der Waals surface area contributed by atoms with Crippen molar-refractivity contribution in [2.45, 2.75) is 34.2 Å². The first-order valence-electron chi connectivity index (χ1n) is 6.63. The number of rotatable bonds is 2. The quantitative estimate of drug-likeness (QED) is 0.770. The Morgan fingerprint density at radius 1 is 1.26 bits per heavy atom. The van der Waals surface area contributed by atoms with E-state index in [1.54, 1.807) is 0 Å². The van der Waals surface area contributed by atoms with Gasteiger partial charge >= 0.3 is 0 Å². The highest BCUT2D eigenvalue weighted by molar-refractivity contribution is 7.71. The van der Waals surface area contributed by atoms with E-state index in [0.29, 0.717) is 16.7 Å². The Balaban J connectivity index is 2.05. The van der Waals surface area contributed by atoms with Crippen LogP contribution in [0.25, 0.3) is 11.0 Å². The van der Waals surface area contributed by atoms with Crippen LogP contribution in [0.4, 0.5) is 0 Å². The van der Waals surface area contributed by atoms with Crippen molar-refractivity contribution in [1.82, 2.24) is 9.55 Å². The highest BCUT2D eigenvalue weighted by atomic mass is 35.5. The number of hydrogen-bond acceptors (Lipinski definition) is 1. The molecular weight excluding hydrogens is 276 g/mol. The van der Waals surface area contributed by atoms with E-state index in [0.717, 1.165) is 27.4 Å². The highest BCUT2D eigenvalue weighted by Gasteiger charge is 2.64. The minimum absolute atomic E-state index is 0.365. The Morgan fingerprint density at radius 3 is 2.47 bits per heavy atom. The third-order valence-corrected chi connectivity index (χ3v) is 5.98. The number of halogens is 1. The van der Waals surface area contributed by atoms with Gasteiger partial charge in [0.1, 0.15) is 0 Å². The van der Waals surface area contributed by atoms with E-state index in [4.69, 9.17) is 23.8 Å². The third kappa shape index (κ3) is 1.78. The van der Waals surface area contributed by atoms with Gasteiger partial charge in [-0.25, -0.2) is 0 Å². The van der Waals surface area contributed by atoms with Crippen molar-refractivity contribution < 1.29 is 0 Å². The molecule has 102 valence electrons. The Hall–Kier alpha value is -0.800. The monoisotopic (exact) mass is 294 g/mol. The second kappa shape index (κ2) is 3.86. The largest absolute Gasteiger partial charge is 0.331 e. The van der Waals surface area contributed by atoms with Crippen LogP contribution >= 0.6 is 23.8 Å². The van der Waals surface area contributed by atoms with Crippen LogP contribution in [0, 0.1) is 21.5 Å². The van der Waals surface area contributed by atoms with Crippen LogP contribution < -0.4 is 0 Å². The predicted molar refractivity (Wildman–Crippen MR) is 83.2 cm³/mol. The molecule has 0 spiro atoms. The maximum atomic E-state index is 6.10. The van der Waals surface area contributed by atoms with Crippen LogP contribution in [0.5, 0.6) is 0 Å². The number of benzene rings is 1. The molecule has 1 aromatic heterocycles. The summed E-state index contributed by atoms with van der Waals surface area (Å²) in [6.45, 7) is 10.3. The van der Waals surface area contributed by atoms with Gasteiger partial charge in [0.2, 0.25) is 0 Å². The van der Waals surface area contributed by atoms with Gasteiger partial charge in [0, 0.05) is 11.6 Å². The molecule has 3 rings (SSSR count). The molecule has 0 atom stereocenters. The minimum Gasteiger partial charge on any atom is -0.331 e. The fourth-order valence-electron chi connectivity index (χ4n) is 3.28. The molecule has 19 heavy (non-hydrogen) atoms. The van der Waals surface area contributed by atoms with Crippen molar-refractivity contribution in [2.75, 3.05) is 0 Å². The summed E-state index contributed by atoms with van der Waals surface area (Å²) in [5.74, 6) is 0.643. The number of imidazole rings is 1. The number of hydrogen-bond donors (Lipinski definition) is 1. The average molecular weight is 295 g/mol. The van der Waals surface area contributed by atoms with Crippen molar-refractivity contribution in [2.24, 2.45) is 16.7 Å². The van der Waals surface area contributed by atoms with Crippen LogP contribution in [0.3, 0.4) is 0 Å². The van der Waals surface area contributed by atoms with Crippen LogP contribution in [0.15, 0.2) is 18.2 Å². The smallest absolute Gasteiger partial charge is 0.178 e. The molecular formula is C15H19ClN2S. The van der Waals surface area contributed by atoms with Gasteiger partial charge < -0.3 is 9.55 Å². The van der Waals surface area contributed by atoms with Crippen molar-refractivity contribution in [3.8, 4) is 0 Å². The summed E-state index contributed by atoms with van der Waals surface area (Å²) in [5.41, 5.74) is 2.90. The van der Waals surface area contributed by atoms with Crippen molar-refractivity contribution in [3.63, 3.8) is 0 Å². The number of aromatic nitrogens is 2. The van der Waals surface area contributed by atoms with E-state index in [1.807, 2.05) is 18.2 Å². The van der Waals surface area contributed by atoms with Crippen molar-refractivity contribution in [1.29, 1.82) is 0 Å². The molecule has 2 aromatic rings. The summed E-state index contributed by atoms with van der Waals surface area (Å²) < 4.78 is 2.98. The number of fused-ring (bicyclic) bond motifs is 1. The second-order valence-corrected chi connectivity index (χ2v) is 7.52. The van der Waals surface area contributed by atoms with Gasteiger partial charge in [0.05, 0.1) is 11.0 Å². The molecule has 1 aromatic carbocycles. The zero-order valence-corrected chi connectivity index (χ0v) is 13.3. The van der Waals surface area contributed by atoms with E-state index in [-0.39, 0.29) is 0 Å². The fourth-order valence-corrected chi connectivity index (χ4v) is 3.73. The molecule has 0 saturated heterocycles. The predicted octanol–water partition coefficient (Wildman–Crippen LogP) is 5.03. The highest BCUT2D eigenvalue weighted by Crippen LogP contribution is 2.68. The molecule has 0 bridgehead atoms. The van der Waals surface area contributed by atoms with Crippen molar-refractivity contribution in [3.05, 3.63) is 28.0 Å². The van der Waals surface area contributed by atoms with Gasteiger partial charge in [-0.1, -0.05) is 39.3 Å². The topological polar surface area (TPSA) is 20.7 Å². The molecule has 1 aliphatic rings. The molecule has 0 radical (unpaired) electrons. The van der Waals surface area contributed by atoms with E-state index in [9.17, 15) is 0 Å². The van der Waals surface area contributed by atoms with Crippen molar-refractivity contribution >= 4 is 34.9 Å². The number of nitrogens with one attached hydrogen (secondary N) is 1. The van der Waals surface area contributed by atoms with Gasteiger partial charge in [-0.2, -0.15) is 0 Å².